The van der Waals surface area contributed by atoms with E-state index in [1.54, 1.807) is 23.1 Å². The van der Waals surface area contributed by atoms with Gasteiger partial charge in [0.05, 0.1) is 17.2 Å². The minimum Gasteiger partial charge on any atom is -0.363 e. The fourth-order valence-electron chi connectivity index (χ4n) is 2.29. The minimum absolute atomic E-state index is 0.142. The summed E-state index contributed by atoms with van der Waals surface area (Å²) in [5.41, 5.74) is 8.57. The van der Waals surface area contributed by atoms with E-state index >= 15 is 0 Å². The molecule has 0 aliphatic carbocycles. The van der Waals surface area contributed by atoms with Crippen molar-refractivity contribution in [1.29, 1.82) is 0 Å². The van der Waals surface area contributed by atoms with Crippen LogP contribution < -0.4 is 11.1 Å². The number of primary amides is 1. The molecule has 4 aromatic rings. The Labute approximate surface area is 145 Å². The van der Waals surface area contributed by atoms with Gasteiger partial charge in [-0.15, -0.1) is 10.2 Å². The zero-order valence-corrected chi connectivity index (χ0v) is 13.9. The van der Waals surface area contributed by atoms with Gasteiger partial charge in [0.25, 0.3) is 5.91 Å². The number of hydrogen-bond donors (Lipinski definition) is 2. The van der Waals surface area contributed by atoms with Crippen molar-refractivity contribution < 1.29 is 4.79 Å². The topological polar surface area (TPSA) is 124 Å². The lowest BCUT2D eigenvalue weighted by Gasteiger charge is -2.04. The van der Waals surface area contributed by atoms with Gasteiger partial charge < -0.3 is 11.1 Å². The molecule has 4 rings (SSSR count). The van der Waals surface area contributed by atoms with Crippen LogP contribution in [0, 0.1) is 0 Å². The van der Waals surface area contributed by atoms with Crippen molar-refractivity contribution in [3.05, 3.63) is 41.8 Å². The molecule has 0 aromatic carbocycles. The van der Waals surface area contributed by atoms with Gasteiger partial charge in [-0.05, 0) is 18.2 Å². The molecule has 3 N–H and O–H groups in total. The molecule has 0 radical (unpaired) electrons. The summed E-state index contributed by atoms with van der Waals surface area (Å²) in [6, 6.07) is 5.58. The number of anilines is 2. The molecule has 1 amide bonds. The van der Waals surface area contributed by atoms with E-state index in [-0.39, 0.29) is 5.01 Å². The van der Waals surface area contributed by atoms with E-state index in [0.717, 1.165) is 33.5 Å². The van der Waals surface area contributed by atoms with Crippen LogP contribution in [0.3, 0.4) is 0 Å². The highest BCUT2D eigenvalue weighted by Crippen LogP contribution is 2.24. The van der Waals surface area contributed by atoms with Gasteiger partial charge >= 0.3 is 0 Å². The van der Waals surface area contributed by atoms with Gasteiger partial charge in [-0.1, -0.05) is 11.3 Å². The van der Waals surface area contributed by atoms with Crippen LogP contribution in [-0.2, 0) is 7.05 Å². The number of fused-ring (bicyclic) bond motifs is 1. The van der Waals surface area contributed by atoms with Crippen molar-refractivity contribution in [1.82, 2.24) is 29.9 Å². The Kier molecular flexibility index (Phi) is 3.58. The summed E-state index contributed by atoms with van der Waals surface area (Å²) >= 11 is 1.07. The summed E-state index contributed by atoms with van der Waals surface area (Å²) in [6.45, 7) is 0. The number of pyridine rings is 2. The normalized spacial score (nSPS) is 10.9. The van der Waals surface area contributed by atoms with Gasteiger partial charge in [-0.2, -0.15) is 5.10 Å². The van der Waals surface area contributed by atoms with Crippen LogP contribution in [-0.4, -0.2) is 35.9 Å². The molecule has 0 aliphatic heterocycles. The van der Waals surface area contributed by atoms with Crippen molar-refractivity contribution in [3.8, 4) is 11.1 Å². The molecular weight excluding hydrogens is 340 g/mol. The number of amides is 1. The first-order valence-corrected chi connectivity index (χ1v) is 8.06. The summed E-state index contributed by atoms with van der Waals surface area (Å²) < 4.78 is 1.73. The predicted octanol–water partition coefficient (Wildman–Crippen LogP) is 1.72. The molecule has 25 heavy (non-hydrogen) atoms. The van der Waals surface area contributed by atoms with Crippen LogP contribution in [0.2, 0.25) is 0 Å². The number of nitrogens with one attached hydrogen (secondary N) is 1. The SMILES string of the molecule is Cn1cc(-c2cnc3ccc(Nc4nnc(C(N)=O)s4)nc3c2)cn1. The second-order valence-corrected chi connectivity index (χ2v) is 6.24. The second-order valence-electron chi connectivity index (χ2n) is 5.26. The third-order valence-electron chi connectivity index (χ3n) is 3.45. The van der Waals surface area contributed by atoms with E-state index in [9.17, 15) is 4.79 Å². The predicted molar refractivity (Wildman–Crippen MR) is 93.4 cm³/mol. The van der Waals surface area contributed by atoms with E-state index in [1.165, 1.54) is 0 Å². The van der Waals surface area contributed by atoms with Crippen LogP contribution in [0.25, 0.3) is 22.2 Å². The third kappa shape index (κ3) is 3.02. The largest absolute Gasteiger partial charge is 0.363 e. The van der Waals surface area contributed by atoms with Gasteiger partial charge in [0.2, 0.25) is 10.1 Å². The third-order valence-corrected chi connectivity index (χ3v) is 4.30. The van der Waals surface area contributed by atoms with E-state index in [1.807, 2.05) is 25.4 Å². The van der Waals surface area contributed by atoms with Crippen LogP contribution in [0.15, 0.2) is 36.8 Å². The van der Waals surface area contributed by atoms with E-state index < -0.39 is 5.91 Å². The van der Waals surface area contributed by atoms with E-state index in [0.29, 0.717) is 10.9 Å². The minimum atomic E-state index is -0.609. The molecule has 4 aromatic heterocycles. The van der Waals surface area contributed by atoms with Crippen molar-refractivity contribution in [2.75, 3.05) is 5.32 Å². The number of rotatable bonds is 4. The summed E-state index contributed by atoms with van der Waals surface area (Å²) in [4.78, 5) is 20.1. The average molecular weight is 352 g/mol. The van der Waals surface area contributed by atoms with Gasteiger partial charge in [0, 0.05) is 30.6 Å². The highest BCUT2D eigenvalue weighted by Gasteiger charge is 2.10. The van der Waals surface area contributed by atoms with Crippen molar-refractivity contribution >= 4 is 39.2 Å². The summed E-state index contributed by atoms with van der Waals surface area (Å²) in [7, 11) is 1.86. The van der Waals surface area contributed by atoms with Crippen LogP contribution in [0.4, 0.5) is 10.9 Å². The van der Waals surface area contributed by atoms with Crippen molar-refractivity contribution in [2.45, 2.75) is 0 Å². The highest BCUT2D eigenvalue weighted by atomic mass is 32.1. The maximum absolute atomic E-state index is 11.1. The lowest BCUT2D eigenvalue weighted by molar-refractivity contribution is 0.0999. The Morgan fingerprint density at radius 3 is 2.80 bits per heavy atom. The van der Waals surface area contributed by atoms with Crippen molar-refractivity contribution in [2.24, 2.45) is 12.8 Å². The average Bonchev–Trinajstić information content (AvgIpc) is 3.23. The maximum Gasteiger partial charge on any atom is 0.279 e. The zero-order chi connectivity index (χ0) is 17.4. The molecule has 10 heteroatoms. The number of nitrogens with two attached hydrogens (primary N) is 1. The smallest absolute Gasteiger partial charge is 0.279 e. The van der Waals surface area contributed by atoms with Crippen molar-refractivity contribution in [3.63, 3.8) is 0 Å². The maximum atomic E-state index is 11.1. The summed E-state index contributed by atoms with van der Waals surface area (Å²) in [6.07, 6.45) is 5.48. The first kappa shape index (κ1) is 15.1. The zero-order valence-electron chi connectivity index (χ0n) is 13.0. The standard InChI is InChI=1S/C15H12N8OS/c1-23-7-9(6-18-23)8-4-11-10(17-5-8)2-3-12(19-11)20-15-22-21-14(25-15)13(16)24/h2-7H,1H3,(H2,16,24)(H,19,20,22). The van der Waals surface area contributed by atoms with Gasteiger partial charge in [-0.3, -0.25) is 14.5 Å². The Bertz CT molecular complexity index is 1090. The Hall–Kier alpha value is -3.40. The number of carbonyl (C=O) groups excluding carboxylic acids is 1. The quantitative estimate of drug-likeness (QED) is 0.573. The molecule has 0 atom stereocenters. The van der Waals surface area contributed by atoms with E-state index in [2.05, 4.69) is 30.6 Å². The summed E-state index contributed by atoms with van der Waals surface area (Å²) in [5, 5.41) is 15.4. The first-order valence-electron chi connectivity index (χ1n) is 7.24. The molecule has 124 valence electrons. The number of nitrogens with zero attached hydrogens (tertiary/aromatic N) is 6. The molecule has 0 saturated heterocycles. The Balaban J connectivity index is 1.67. The molecule has 9 nitrogen and oxygen atoms in total. The second kappa shape index (κ2) is 5.91. The Morgan fingerprint density at radius 2 is 2.08 bits per heavy atom. The van der Waals surface area contributed by atoms with Gasteiger partial charge in [-0.25, -0.2) is 4.98 Å². The molecule has 0 spiro atoms. The fraction of sp³-hybridized carbons (Fsp3) is 0.0667. The lowest BCUT2D eigenvalue weighted by Crippen LogP contribution is -2.10. The van der Waals surface area contributed by atoms with Gasteiger partial charge in [0.15, 0.2) is 0 Å². The molecular formula is C15H12N8OS. The van der Waals surface area contributed by atoms with Crippen LogP contribution in [0.5, 0.6) is 0 Å². The fourth-order valence-corrected chi connectivity index (χ4v) is 2.89. The number of carbonyl (C=O) groups is 1. The molecule has 0 saturated carbocycles. The van der Waals surface area contributed by atoms with Crippen LogP contribution in [0.1, 0.15) is 9.80 Å². The molecule has 4 heterocycles. The first-order chi connectivity index (χ1) is 12.1. The molecule has 0 fully saturated rings. The summed E-state index contributed by atoms with van der Waals surface area (Å²) in [5.74, 6) is -0.0351. The molecule has 0 bridgehead atoms. The van der Waals surface area contributed by atoms with Crippen LogP contribution >= 0.6 is 11.3 Å². The molecule has 0 unspecified atom stereocenters. The van der Waals surface area contributed by atoms with Gasteiger partial charge in [0.1, 0.15) is 5.82 Å². The Morgan fingerprint density at radius 1 is 1.20 bits per heavy atom. The number of hydrogen-bond acceptors (Lipinski definition) is 8. The van der Waals surface area contributed by atoms with E-state index in [4.69, 9.17) is 5.73 Å². The lowest BCUT2D eigenvalue weighted by atomic mass is 10.1. The molecule has 0 aliphatic rings. The highest BCUT2D eigenvalue weighted by molar-refractivity contribution is 7.17. The number of aryl methyl sites for hydroxylation is 1. The monoisotopic (exact) mass is 352 g/mol. The number of aromatic nitrogens is 6.